The van der Waals surface area contributed by atoms with Crippen LogP contribution in [0.2, 0.25) is 0 Å². The Kier molecular flexibility index (Phi) is 38.9. The molecule has 0 aromatic heterocycles. The van der Waals surface area contributed by atoms with E-state index in [2.05, 4.69) is 122 Å². The fourth-order valence-corrected chi connectivity index (χ4v) is 15.8. The molecule has 68 heavy (non-hydrogen) atoms. The molecule has 0 radical (unpaired) electrons. The van der Waals surface area contributed by atoms with Gasteiger partial charge in [-0.05, 0) is 126 Å². The first kappa shape index (κ1) is 66.9. The van der Waals surface area contributed by atoms with Gasteiger partial charge in [-0.3, -0.25) is 6.08 Å². The van der Waals surface area contributed by atoms with Gasteiger partial charge in [0.05, 0.1) is 0 Å². The molecule has 0 N–H and O–H groups in total. The van der Waals surface area contributed by atoms with Crippen molar-refractivity contribution in [1.82, 2.24) is 0 Å². The summed E-state index contributed by atoms with van der Waals surface area (Å²) >= 11 is 0. The molecule has 3 aromatic carbocycles. The van der Waals surface area contributed by atoms with Crippen molar-refractivity contribution in [2.24, 2.45) is 5.92 Å². The van der Waals surface area contributed by atoms with E-state index in [9.17, 15) is 0 Å². The topological polar surface area (TPSA) is 0 Å². The quantitative estimate of drug-likeness (QED) is 0.0237. The van der Waals surface area contributed by atoms with Crippen LogP contribution in [0.3, 0.4) is 0 Å². The second kappa shape index (κ2) is 39.5. The van der Waals surface area contributed by atoms with Crippen molar-refractivity contribution in [2.75, 3.05) is 0 Å². The molecule has 1 aliphatic rings. The summed E-state index contributed by atoms with van der Waals surface area (Å²) in [5, 5.41) is 6.61. The molecule has 0 spiro atoms. The maximum Gasteiger partial charge on any atom is 4.00 e. The van der Waals surface area contributed by atoms with Crippen molar-refractivity contribution in [3.05, 3.63) is 111 Å². The Bertz CT molecular complexity index is 1550. The molecule has 1 atom stereocenters. The van der Waals surface area contributed by atoms with Crippen LogP contribution in [-0.4, -0.2) is 8.07 Å². The maximum atomic E-state index is 4.39. The Balaban J connectivity index is 0.0000112. The molecule has 4 rings (SSSR count). The summed E-state index contributed by atoms with van der Waals surface area (Å²) in [6, 6.07) is 24.7. The number of aryl methyl sites for hydroxylation is 6. The fourth-order valence-electron chi connectivity index (χ4n) is 10.6. The van der Waals surface area contributed by atoms with E-state index in [1.807, 2.05) is 0 Å². The van der Waals surface area contributed by atoms with Crippen LogP contribution in [0.5, 0.6) is 0 Å². The summed E-state index contributed by atoms with van der Waals surface area (Å²) < 4.78 is 0. The van der Waals surface area contributed by atoms with Crippen LogP contribution in [0.15, 0.2) is 71.4 Å². The molecule has 0 heterocycles. The second-order valence-corrected chi connectivity index (χ2v) is 24.3. The standard InChI is InChI=1S/C63H99Si.3ClH.Ti/c1-9-16-22-28-34-53-42-54(35-29-23-17-10-2)46-61(45-53)64(60-41-40-59(51-60)52(8)15-7,62-47-55(36-30-24-18-11-3)43-56(48-62)37-31-25-19-12-4)63-49-57(38-32-26-20-13-5)44-58(50-63)39-33-27-21-14-6;;;;/h40,42-50,52H,9-39,41H2,1-8H3;3*1H;/q-1;;;;+4/p-3. The molecule has 3 aromatic rings. The Morgan fingerprint density at radius 2 is 0.632 bits per heavy atom. The molecule has 0 saturated carbocycles. The molecule has 0 bridgehead atoms. The van der Waals surface area contributed by atoms with Gasteiger partial charge in [0.25, 0.3) is 0 Å². The predicted octanol–water partition coefficient (Wildman–Crippen LogP) is 8.55. The van der Waals surface area contributed by atoms with Gasteiger partial charge in [-0.25, -0.2) is 11.6 Å². The summed E-state index contributed by atoms with van der Waals surface area (Å²) in [5.74, 6) is 0.529. The predicted molar refractivity (Wildman–Crippen MR) is 290 cm³/mol. The Labute approximate surface area is 456 Å². The van der Waals surface area contributed by atoms with E-state index in [4.69, 9.17) is 0 Å². The largest absolute Gasteiger partial charge is 4.00 e. The smallest absolute Gasteiger partial charge is 1.00 e. The van der Waals surface area contributed by atoms with Crippen LogP contribution in [0.25, 0.3) is 0 Å². The Morgan fingerprint density at radius 1 is 0.382 bits per heavy atom. The summed E-state index contributed by atoms with van der Waals surface area (Å²) in [7, 11) is -2.85. The van der Waals surface area contributed by atoms with Gasteiger partial charge >= 0.3 is 21.7 Å². The summed E-state index contributed by atoms with van der Waals surface area (Å²) in [6.45, 7) is 19.0. The van der Waals surface area contributed by atoms with Gasteiger partial charge in [-0.1, -0.05) is 244 Å². The molecule has 0 saturated heterocycles. The van der Waals surface area contributed by atoms with Gasteiger partial charge in [-0.2, -0.15) is 5.20 Å². The molecule has 1 unspecified atom stereocenters. The third-order valence-electron chi connectivity index (χ3n) is 14.8. The Morgan fingerprint density at radius 3 is 0.853 bits per heavy atom. The van der Waals surface area contributed by atoms with Gasteiger partial charge in [0.15, 0.2) is 8.07 Å². The van der Waals surface area contributed by atoms with Gasteiger partial charge in [-0.15, -0.1) is 0 Å². The summed E-state index contributed by atoms with van der Waals surface area (Å²) in [6.07, 6.45) is 47.9. The van der Waals surface area contributed by atoms with E-state index >= 15 is 0 Å². The van der Waals surface area contributed by atoms with Crippen molar-refractivity contribution in [3.8, 4) is 0 Å². The van der Waals surface area contributed by atoms with E-state index < -0.39 is 8.07 Å². The molecular weight excluding hydrogens is 939 g/mol. The zero-order valence-electron chi connectivity index (χ0n) is 45.1. The van der Waals surface area contributed by atoms with E-state index in [0.717, 1.165) is 6.42 Å². The van der Waals surface area contributed by atoms with Crippen molar-refractivity contribution >= 4 is 23.6 Å². The number of allylic oxidation sites excluding steroid dienone is 4. The van der Waals surface area contributed by atoms with Crippen LogP contribution < -0.4 is 52.8 Å². The molecule has 0 nitrogen and oxygen atoms in total. The van der Waals surface area contributed by atoms with Crippen molar-refractivity contribution in [2.45, 2.75) is 261 Å². The number of benzene rings is 3. The molecule has 0 fully saturated rings. The van der Waals surface area contributed by atoms with Crippen LogP contribution in [0.1, 0.15) is 256 Å². The Hall–Kier alpha value is -1.06. The summed E-state index contributed by atoms with van der Waals surface area (Å²) in [4.78, 5) is 0. The molecule has 0 amide bonds. The first-order chi connectivity index (χ1) is 31.4. The zero-order chi connectivity index (χ0) is 45.8. The van der Waals surface area contributed by atoms with Crippen molar-refractivity contribution < 1.29 is 58.9 Å². The number of hydrogen-bond donors (Lipinski definition) is 0. The van der Waals surface area contributed by atoms with Crippen LogP contribution in [0, 0.1) is 12.0 Å². The normalized spacial score (nSPS) is 12.6. The second-order valence-electron chi connectivity index (χ2n) is 20.5. The SMILES string of the molecule is CCCCCCc1cc(CCCCCC)cc([Si](C2=[C-]C(C(C)CC)=CC2)(c2cc(CCCCCC)cc(CCCCCC)c2)c2cc(CCCCCC)cc(CCCCCC)c2)c1.[Cl-].[Cl-].[Cl-].[Ti+4]. The number of halogens is 3. The van der Waals surface area contributed by atoms with Gasteiger partial charge < -0.3 is 37.2 Å². The van der Waals surface area contributed by atoms with Crippen LogP contribution in [0.4, 0.5) is 0 Å². The van der Waals surface area contributed by atoms with E-state index in [1.165, 1.54) is 205 Å². The van der Waals surface area contributed by atoms with E-state index in [1.54, 1.807) is 54.1 Å². The van der Waals surface area contributed by atoms with Crippen molar-refractivity contribution in [3.63, 3.8) is 0 Å². The minimum atomic E-state index is -2.85. The number of hydrogen-bond acceptors (Lipinski definition) is 0. The first-order valence-electron chi connectivity index (χ1n) is 28.1. The third kappa shape index (κ3) is 22.0. The third-order valence-corrected chi connectivity index (χ3v) is 19.5. The van der Waals surface area contributed by atoms with Crippen LogP contribution in [-0.2, 0) is 60.2 Å². The number of rotatable bonds is 36. The minimum absolute atomic E-state index is 0. The fraction of sp³-hybridized carbons (Fsp3) is 0.651. The molecule has 1 aliphatic carbocycles. The monoisotopic (exact) mass is 1040 g/mol. The number of unbranched alkanes of at least 4 members (excludes halogenated alkanes) is 18. The maximum absolute atomic E-state index is 4.39. The average molecular weight is 1040 g/mol. The molecular formula is C63H99Cl3SiTi. The van der Waals surface area contributed by atoms with Gasteiger partial charge in [0.2, 0.25) is 0 Å². The molecule has 5 heteroatoms. The summed E-state index contributed by atoms with van der Waals surface area (Å²) in [5.41, 5.74) is 11.0. The zero-order valence-corrected chi connectivity index (χ0v) is 49.9. The van der Waals surface area contributed by atoms with E-state index in [-0.39, 0.29) is 58.9 Å². The van der Waals surface area contributed by atoms with Crippen LogP contribution >= 0.6 is 0 Å². The average Bonchev–Trinajstić information content (AvgIpc) is 3.80. The van der Waals surface area contributed by atoms with Gasteiger partial charge in [0, 0.05) is 0 Å². The first-order valence-corrected chi connectivity index (χ1v) is 30.1. The van der Waals surface area contributed by atoms with Gasteiger partial charge in [0.1, 0.15) is 0 Å². The van der Waals surface area contributed by atoms with Crippen molar-refractivity contribution in [1.29, 1.82) is 0 Å². The molecule has 0 aliphatic heterocycles. The minimum Gasteiger partial charge on any atom is -1.00 e. The van der Waals surface area contributed by atoms with E-state index in [0.29, 0.717) is 5.92 Å². The molecule has 380 valence electrons.